The van der Waals surface area contributed by atoms with Gasteiger partial charge >= 0.3 is 5.69 Å². The maximum Gasteiger partial charge on any atom is 0.330 e. The molecule has 27 heavy (non-hydrogen) atoms. The van der Waals surface area contributed by atoms with E-state index in [-0.39, 0.29) is 11.6 Å². The molecule has 0 fully saturated rings. The zero-order chi connectivity index (χ0) is 19.0. The molecular weight excluding hydrogens is 388 g/mol. The summed E-state index contributed by atoms with van der Waals surface area (Å²) < 4.78 is 2.16. The Morgan fingerprint density at radius 1 is 1.37 bits per heavy atom. The van der Waals surface area contributed by atoms with Gasteiger partial charge in [-0.05, 0) is 31.2 Å². The second-order valence-corrected chi connectivity index (χ2v) is 7.73. The molecule has 1 aromatic carbocycles. The molecular formula is C18H15ClN4O3S. The number of amides is 1. The molecule has 0 radical (unpaired) electrons. The Kier molecular flexibility index (Phi) is 4.59. The van der Waals surface area contributed by atoms with Gasteiger partial charge < -0.3 is 15.1 Å². The predicted molar refractivity (Wildman–Crippen MR) is 105 cm³/mol. The van der Waals surface area contributed by atoms with E-state index in [1.54, 1.807) is 36.5 Å². The van der Waals surface area contributed by atoms with Crippen LogP contribution in [0, 0.1) is 6.92 Å². The number of halogens is 1. The van der Waals surface area contributed by atoms with Crippen molar-refractivity contribution in [3.8, 4) is 5.69 Å². The van der Waals surface area contributed by atoms with Crippen LogP contribution in [0.15, 0.2) is 52.5 Å². The smallest absolute Gasteiger partial charge is 0.330 e. The van der Waals surface area contributed by atoms with Gasteiger partial charge in [0.05, 0.1) is 20.6 Å². The van der Waals surface area contributed by atoms with E-state index in [0.717, 1.165) is 10.6 Å². The van der Waals surface area contributed by atoms with E-state index in [9.17, 15) is 9.59 Å². The van der Waals surface area contributed by atoms with Crippen LogP contribution in [-0.4, -0.2) is 27.3 Å². The van der Waals surface area contributed by atoms with Gasteiger partial charge in [-0.15, -0.1) is 11.3 Å². The van der Waals surface area contributed by atoms with Crippen LogP contribution in [0.1, 0.15) is 17.0 Å². The number of carbonyl (C=O) groups excluding carboxylic acids is 1. The average Bonchev–Trinajstić information content (AvgIpc) is 3.36. The molecule has 1 amide bonds. The molecule has 2 N–H and O–H groups in total. The normalized spacial score (nSPS) is 16.1. The van der Waals surface area contributed by atoms with Crippen LogP contribution in [0.25, 0.3) is 5.69 Å². The number of oxime groups is 1. The maximum atomic E-state index is 12.7. The first-order chi connectivity index (χ1) is 13.0. The molecule has 0 aliphatic carbocycles. The fraction of sp³-hybridized carbons (Fsp3) is 0.167. The van der Waals surface area contributed by atoms with E-state index in [1.165, 1.54) is 15.9 Å². The Hall–Kier alpha value is -2.84. The van der Waals surface area contributed by atoms with Crippen LogP contribution in [0.5, 0.6) is 0 Å². The third kappa shape index (κ3) is 3.41. The van der Waals surface area contributed by atoms with Crippen molar-refractivity contribution >= 4 is 40.2 Å². The number of rotatable bonds is 4. The lowest BCUT2D eigenvalue weighted by Crippen LogP contribution is -2.29. The monoisotopic (exact) mass is 402 g/mol. The molecule has 7 nitrogen and oxygen atoms in total. The summed E-state index contributed by atoms with van der Waals surface area (Å²) >= 11 is 7.34. The molecule has 0 spiro atoms. The SMILES string of the molecule is Cc1c[nH]c(=O)n1-c1ccccc1NC(=O)C1CC(c2ccc(Cl)s2)=NO1. The number of thiophene rings is 1. The highest BCUT2D eigenvalue weighted by Crippen LogP contribution is 2.27. The van der Waals surface area contributed by atoms with E-state index in [1.807, 2.05) is 13.0 Å². The molecule has 1 unspecified atom stereocenters. The summed E-state index contributed by atoms with van der Waals surface area (Å²) in [5, 5.41) is 6.85. The summed E-state index contributed by atoms with van der Waals surface area (Å²) in [5.41, 5.74) is 2.26. The number of para-hydroxylation sites is 2. The van der Waals surface area contributed by atoms with Crippen molar-refractivity contribution in [3.63, 3.8) is 0 Å². The Morgan fingerprint density at radius 2 is 2.19 bits per heavy atom. The van der Waals surface area contributed by atoms with Crippen LogP contribution in [0.3, 0.4) is 0 Å². The van der Waals surface area contributed by atoms with E-state index in [4.69, 9.17) is 16.4 Å². The lowest BCUT2D eigenvalue weighted by Gasteiger charge is -2.14. The number of carbonyl (C=O) groups is 1. The van der Waals surface area contributed by atoms with Gasteiger partial charge in [0.15, 0.2) is 0 Å². The number of anilines is 1. The predicted octanol–water partition coefficient (Wildman–Crippen LogP) is 3.32. The first-order valence-corrected chi connectivity index (χ1v) is 9.38. The molecule has 3 heterocycles. The Bertz CT molecular complexity index is 1100. The summed E-state index contributed by atoms with van der Waals surface area (Å²) in [5.74, 6) is -0.329. The quantitative estimate of drug-likeness (QED) is 0.701. The number of aromatic nitrogens is 2. The summed E-state index contributed by atoms with van der Waals surface area (Å²) in [6.45, 7) is 1.81. The van der Waals surface area contributed by atoms with Crippen LogP contribution < -0.4 is 11.0 Å². The van der Waals surface area contributed by atoms with Crippen LogP contribution in [0.4, 0.5) is 5.69 Å². The molecule has 2 aromatic heterocycles. The molecule has 1 aliphatic rings. The van der Waals surface area contributed by atoms with Crippen molar-refractivity contribution in [2.45, 2.75) is 19.4 Å². The van der Waals surface area contributed by atoms with Gasteiger partial charge in [0, 0.05) is 18.3 Å². The zero-order valence-corrected chi connectivity index (χ0v) is 15.8. The average molecular weight is 403 g/mol. The number of benzene rings is 1. The highest BCUT2D eigenvalue weighted by Gasteiger charge is 2.30. The van der Waals surface area contributed by atoms with Gasteiger partial charge in [0.25, 0.3) is 5.91 Å². The van der Waals surface area contributed by atoms with E-state index >= 15 is 0 Å². The minimum atomic E-state index is -0.738. The number of H-pyrrole nitrogens is 1. The van der Waals surface area contributed by atoms with E-state index in [0.29, 0.717) is 27.8 Å². The van der Waals surface area contributed by atoms with Gasteiger partial charge in [-0.25, -0.2) is 4.79 Å². The number of imidazole rings is 1. The Morgan fingerprint density at radius 3 is 2.89 bits per heavy atom. The van der Waals surface area contributed by atoms with Gasteiger partial charge in [-0.1, -0.05) is 28.9 Å². The minimum Gasteiger partial charge on any atom is -0.382 e. The molecule has 9 heteroatoms. The van der Waals surface area contributed by atoms with Crippen molar-refractivity contribution in [1.29, 1.82) is 0 Å². The number of aromatic amines is 1. The second-order valence-electron chi connectivity index (χ2n) is 6.02. The third-order valence-electron chi connectivity index (χ3n) is 4.18. The van der Waals surface area contributed by atoms with Crippen LogP contribution >= 0.6 is 22.9 Å². The first kappa shape index (κ1) is 17.6. The standard InChI is InChI=1S/C18H15ClN4O3S/c1-10-9-20-18(25)23(10)13-5-3-2-4-11(13)21-17(24)14-8-12(22-26-14)15-6-7-16(19)27-15/h2-7,9,14H,8H2,1H3,(H,20,25)(H,21,24). The highest BCUT2D eigenvalue weighted by molar-refractivity contribution is 7.18. The number of hydrogen-bond donors (Lipinski definition) is 2. The minimum absolute atomic E-state index is 0.272. The first-order valence-electron chi connectivity index (χ1n) is 8.18. The van der Waals surface area contributed by atoms with Crippen molar-refractivity contribution < 1.29 is 9.63 Å². The van der Waals surface area contributed by atoms with Gasteiger partial charge in [0.2, 0.25) is 6.10 Å². The second kappa shape index (κ2) is 7.05. The number of hydrogen-bond acceptors (Lipinski definition) is 5. The van der Waals surface area contributed by atoms with Crippen molar-refractivity contribution in [1.82, 2.24) is 9.55 Å². The zero-order valence-electron chi connectivity index (χ0n) is 14.2. The molecule has 4 rings (SSSR count). The fourth-order valence-electron chi connectivity index (χ4n) is 2.88. The number of aryl methyl sites for hydroxylation is 1. The Balaban J connectivity index is 1.53. The van der Waals surface area contributed by atoms with Crippen LogP contribution in [-0.2, 0) is 9.63 Å². The maximum absolute atomic E-state index is 12.7. The molecule has 0 saturated heterocycles. The van der Waals surface area contributed by atoms with Gasteiger partial charge in [0.1, 0.15) is 5.71 Å². The Labute approximate surface area is 163 Å². The summed E-state index contributed by atoms with van der Waals surface area (Å²) in [6.07, 6.45) is 1.24. The van der Waals surface area contributed by atoms with Crippen molar-refractivity contribution in [3.05, 3.63) is 68.0 Å². The number of nitrogens with one attached hydrogen (secondary N) is 2. The summed E-state index contributed by atoms with van der Waals surface area (Å²) in [6, 6.07) is 10.7. The van der Waals surface area contributed by atoms with E-state index in [2.05, 4.69) is 15.5 Å². The molecule has 0 saturated carbocycles. The van der Waals surface area contributed by atoms with Crippen molar-refractivity contribution in [2.75, 3.05) is 5.32 Å². The molecule has 138 valence electrons. The third-order valence-corrected chi connectivity index (χ3v) is 5.46. The molecule has 3 aromatic rings. The lowest BCUT2D eigenvalue weighted by atomic mass is 10.1. The lowest BCUT2D eigenvalue weighted by molar-refractivity contribution is -0.125. The molecule has 1 atom stereocenters. The van der Waals surface area contributed by atoms with Crippen molar-refractivity contribution in [2.24, 2.45) is 5.16 Å². The molecule has 0 bridgehead atoms. The topological polar surface area (TPSA) is 88.5 Å². The fourth-order valence-corrected chi connectivity index (χ4v) is 3.91. The van der Waals surface area contributed by atoms with Gasteiger partial charge in [-0.2, -0.15) is 0 Å². The summed E-state index contributed by atoms with van der Waals surface area (Å²) in [4.78, 5) is 33.6. The molecule has 1 aliphatic heterocycles. The van der Waals surface area contributed by atoms with E-state index < -0.39 is 6.10 Å². The summed E-state index contributed by atoms with van der Waals surface area (Å²) in [7, 11) is 0. The van der Waals surface area contributed by atoms with Crippen LogP contribution in [0.2, 0.25) is 4.34 Å². The largest absolute Gasteiger partial charge is 0.382 e. The number of nitrogens with zero attached hydrogens (tertiary/aromatic N) is 2. The highest BCUT2D eigenvalue weighted by atomic mass is 35.5. The van der Waals surface area contributed by atoms with Gasteiger partial charge in [-0.3, -0.25) is 9.36 Å².